The van der Waals surface area contributed by atoms with E-state index in [0.29, 0.717) is 23.6 Å². The van der Waals surface area contributed by atoms with E-state index in [4.69, 9.17) is 10.5 Å². The molecule has 0 saturated carbocycles. The molecule has 3 heterocycles. The maximum Gasteiger partial charge on any atom is 0.255 e. The highest BCUT2D eigenvalue weighted by atomic mass is 19.1. The quantitative estimate of drug-likeness (QED) is 0.621. The summed E-state index contributed by atoms with van der Waals surface area (Å²) >= 11 is 0. The lowest BCUT2D eigenvalue weighted by Gasteiger charge is -2.19. The topological polar surface area (TPSA) is 92.1 Å². The van der Waals surface area contributed by atoms with E-state index in [2.05, 4.69) is 26.7 Å². The number of halogens is 1. The van der Waals surface area contributed by atoms with Crippen LogP contribution in [0.1, 0.15) is 11.6 Å². The first kappa shape index (κ1) is 17.2. The van der Waals surface area contributed by atoms with Crippen molar-refractivity contribution in [3.05, 3.63) is 72.4 Å². The fraction of sp³-hybridized carbons (Fsp3) is 0.158. The third kappa shape index (κ3) is 3.81. The van der Waals surface area contributed by atoms with Crippen molar-refractivity contribution in [2.24, 2.45) is 5.73 Å². The molecule has 1 aliphatic rings. The number of hydrogen-bond acceptors (Lipinski definition) is 6. The largest absolute Gasteiger partial charge is 0.436 e. The molecule has 0 radical (unpaired) electrons. The maximum atomic E-state index is 14.3. The first-order chi connectivity index (χ1) is 13.2. The van der Waals surface area contributed by atoms with Gasteiger partial charge in [-0.15, -0.1) is 0 Å². The van der Waals surface area contributed by atoms with Crippen molar-refractivity contribution in [1.82, 2.24) is 25.6 Å². The second-order valence-corrected chi connectivity index (χ2v) is 6.08. The Morgan fingerprint density at radius 2 is 2.07 bits per heavy atom. The molecule has 0 spiro atoms. The summed E-state index contributed by atoms with van der Waals surface area (Å²) in [6.07, 6.45) is 7.17. The van der Waals surface area contributed by atoms with Crippen LogP contribution < -0.4 is 15.9 Å². The number of pyridine rings is 1. The summed E-state index contributed by atoms with van der Waals surface area (Å²) in [6, 6.07) is 10.6. The van der Waals surface area contributed by atoms with E-state index in [1.165, 1.54) is 6.07 Å². The highest BCUT2D eigenvalue weighted by Crippen LogP contribution is 2.27. The van der Waals surface area contributed by atoms with Gasteiger partial charge in [0.15, 0.2) is 5.82 Å². The van der Waals surface area contributed by atoms with Gasteiger partial charge in [0.2, 0.25) is 0 Å². The minimum atomic E-state index is -0.538. The molecular weight excluding hydrogens is 347 g/mol. The van der Waals surface area contributed by atoms with Crippen LogP contribution in [0, 0.1) is 5.82 Å². The van der Waals surface area contributed by atoms with Crippen LogP contribution in [-0.2, 0) is 0 Å². The van der Waals surface area contributed by atoms with Gasteiger partial charge < -0.3 is 15.5 Å². The number of H-pyrrole nitrogens is 1. The molecule has 0 saturated heterocycles. The number of aromatic amines is 1. The predicted molar refractivity (Wildman–Crippen MR) is 99.1 cm³/mol. The van der Waals surface area contributed by atoms with Gasteiger partial charge in [-0.25, -0.2) is 14.8 Å². The summed E-state index contributed by atoms with van der Waals surface area (Å²) in [5.41, 5.74) is 11.3. The number of ether oxygens (including phenoxy) is 1. The van der Waals surface area contributed by atoms with Crippen molar-refractivity contribution in [3.8, 4) is 22.9 Å². The van der Waals surface area contributed by atoms with Gasteiger partial charge in [-0.3, -0.25) is 5.10 Å². The van der Waals surface area contributed by atoms with Gasteiger partial charge in [0.05, 0.1) is 11.7 Å². The first-order valence-corrected chi connectivity index (χ1v) is 8.57. The van der Waals surface area contributed by atoms with Gasteiger partial charge in [0.25, 0.3) is 5.88 Å². The Balaban J connectivity index is 1.44. The molecule has 0 aliphatic carbocycles. The lowest BCUT2D eigenvalue weighted by atomic mass is 10.1. The highest BCUT2D eigenvalue weighted by Gasteiger charge is 2.16. The van der Waals surface area contributed by atoms with Crippen LogP contribution >= 0.6 is 0 Å². The van der Waals surface area contributed by atoms with Crippen molar-refractivity contribution < 1.29 is 9.13 Å². The molecule has 0 amide bonds. The zero-order valence-corrected chi connectivity index (χ0v) is 14.5. The second-order valence-electron chi connectivity index (χ2n) is 6.08. The second kappa shape index (κ2) is 7.56. The van der Waals surface area contributed by atoms with Crippen molar-refractivity contribution in [2.45, 2.75) is 6.04 Å². The van der Waals surface area contributed by atoms with Gasteiger partial charge >= 0.3 is 0 Å². The fourth-order valence-corrected chi connectivity index (χ4v) is 2.84. The number of hydrazine groups is 1. The Hall–Kier alpha value is -3.23. The smallest absolute Gasteiger partial charge is 0.255 e. The van der Waals surface area contributed by atoms with Crippen molar-refractivity contribution in [1.29, 1.82) is 0 Å². The van der Waals surface area contributed by atoms with Crippen LogP contribution in [-0.4, -0.2) is 33.3 Å². The summed E-state index contributed by atoms with van der Waals surface area (Å²) in [5.74, 6) is -0.0942. The maximum absolute atomic E-state index is 14.3. The molecule has 138 valence electrons. The Labute approximate surface area is 155 Å². The van der Waals surface area contributed by atoms with E-state index in [-0.39, 0.29) is 11.9 Å². The number of nitrogens with one attached hydrogen (secondary N) is 2. The molecule has 27 heavy (non-hydrogen) atoms. The van der Waals surface area contributed by atoms with E-state index < -0.39 is 5.82 Å². The molecule has 1 unspecified atom stereocenters. The normalized spacial score (nSPS) is 16.1. The minimum Gasteiger partial charge on any atom is -0.436 e. The van der Waals surface area contributed by atoms with E-state index >= 15 is 0 Å². The van der Waals surface area contributed by atoms with Gasteiger partial charge in [-0.2, -0.15) is 5.10 Å². The third-order valence-corrected chi connectivity index (χ3v) is 4.21. The average Bonchev–Trinajstić information content (AvgIpc) is 3.36. The van der Waals surface area contributed by atoms with E-state index in [1.54, 1.807) is 30.6 Å². The molecule has 2 aromatic heterocycles. The molecule has 3 aromatic rings. The van der Waals surface area contributed by atoms with Crippen LogP contribution in [0.4, 0.5) is 4.39 Å². The Morgan fingerprint density at radius 1 is 1.22 bits per heavy atom. The summed E-state index contributed by atoms with van der Waals surface area (Å²) in [6.45, 7) is 1.32. The molecule has 1 atom stereocenters. The van der Waals surface area contributed by atoms with Crippen LogP contribution in [0.5, 0.6) is 11.6 Å². The number of nitrogens with two attached hydrogens (primary N) is 1. The number of rotatable bonds is 6. The van der Waals surface area contributed by atoms with Crippen LogP contribution in [0.3, 0.4) is 0 Å². The fourth-order valence-electron chi connectivity index (χ4n) is 2.84. The third-order valence-electron chi connectivity index (χ3n) is 4.21. The molecular formula is C19H19FN6O. The number of hydrogen-bond donors (Lipinski definition) is 3. The van der Waals surface area contributed by atoms with E-state index in [9.17, 15) is 4.39 Å². The number of nitrogens with zero attached hydrogens (tertiary/aromatic N) is 3. The molecule has 1 aromatic carbocycles. The molecule has 7 nitrogen and oxygen atoms in total. The van der Waals surface area contributed by atoms with Gasteiger partial charge in [-0.1, -0.05) is 12.1 Å². The average molecular weight is 366 g/mol. The first-order valence-electron chi connectivity index (χ1n) is 8.57. The van der Waals surface area contributed by atoms with Crippen LogP contribution in [0.2, 0.25) is 0 Å². The summed E-state index contributed by atoms with van der Waals surface area (Å²) in [4.78, 5) is 4.07. The van der Waals surface area contributed by atoms with E-state index in [1.807, 2.05) is 23.3 Å². The van der Waals surface area contributed by atoms with Crippen molar-refractivity contribution >= 4 is 0 Å². The molecule has 4 N–H and O–H groups in total. The van der Waals surface area contributed by atoms with Crippen molar-refractivity contribution in [3.63, 3.8) is 0 Å². The molecule has 8 heteroatoms. The predicted octanol–water partition coefficient (Wildman–Crippen LogP) is 2.74. The Bertz CT molecular complexity index is 926. The lowest BCUT2D eigenvalue weighted by molar-refractivity contribution is 0.283. The highest BCUT2D eigenvalue weighted by molar-refractivity contribution is 5.57. The summed E-state index contributed by atoms with van der Waals surface area (Å²) < 4.78 is 19.9. The van der Waals surface area contributed by atoms with Crippen molar-refractivity contribution in [2.75, 3.05) is 13.1 Å². The number of benzene rings is 1. The van der Waals surface area contributed by atoms with Gasteiger partial charge in [-0.05, 0) is 35.9 Å². The Morgan fingerprint density at radius 3 is 2.78 bits per heavy atom. The molecule has 1 aliphatic heterocycles. The monoisotopic (exact) mass is 366 g/mol. The molecule has 0 bridgehead atoms. The van der Waals surface area contributed by atoms with Crippen LogP contribution in [0.25, 0.3) is 11.3 Å². The molecule has 0 fully saturated rings. The van der Waals surface area contributed by atoms with Crippen LogP contribution in [0.15, 0.2) is 61.1 Å². The SMILES string of the molecule is NCCN1C=CC(c2ccc(Oc3ncc(-c4ccn[nH]4)cc3F)cc2)N1. The van der Waals surface area contributed by atoms with E-state index in [0.717, 1.165) is 12.1 Å². The zero-order valence-electron chi connectivity index (χ0n) is 14.5. The zero-order chi connectivity index (χ0) is 18.6. The standard InChI is InChI=1S/C19H19FN6O/c20-16-11-14(17-5-8-23-24-17)12-22-19(16)27-15-3-1-13(2-4-15)18-6-9-26(25-18)10-7-21/h1-6,8-9,11-12,18,25H,7,10,21H2,(H,23,24). The number of aromatic nitrogens is 3. The summed E-state index contributed by atoms with van der Waals surface area (Å²) in [5, 5.41) is 8.58. The summed E-state index contributed by atoms with van der Waals surface area (Å²) in [7, 11) is 0. The van der Waals surface area contributed by atoms with Gasteiger partial charge in [0, 0.05) is 37.2 Å². The van der Waals surface area contributed by atoms with Gasteiger partial charge in [0.1, 0.15) is 5.75 Å². The minimum absolute atomic E-state index is 0.0703. The lowest BCUT2D eigenvalue weighted by Crippen LogP contribution is -2.34. The Kier molecular flexibility index (Phi) is 4.82. The molecule has 4 rings (SSSR count).